The van der Waals surface area contributed by atoms with Gasteiger partial charge < -0.3 is 14.2 Å². The van der Waals surface area contributed by atoms with Crippen LogP contribution in [0.5, 0.6) is 11.5 Å². The number of carbonyl (C=O) groups excluding carboxylic acids is 3. The third kappa shape index (κ3) is 7.68. The van der Waals surface area contributed by atoms with Crippen LogP contribution in [0.25, 0.3) is 0 Å². The molecule has 3 atom stereocenters. The predicted octanol–water partition coefficient (Wildman–Crippen LogP) is 6.33. The standard InChI is InChI=1S/C30H33NO6S/c1-19(2)29(33)37-27-25(35-5)16-17-31-26(27)24(32)18-20(3)30(34)36-21(4)28(22-12-8-6-9-13-22)38-23-14-10-7-11-15-23/h6-17,19-21,28H,18H2,1-5H3/t20-,21+,28+/m1/s1. The van der Waals surface area contributed by atoms with Gasteiger partial charge in [0.2, 0.25) is 5.75 Å². The number of esters is 2. The Hall–Kier alpha value is -3.65. The van der Waals surface area contributed by atoms with Crippen LogP contribution in [0.2, 0.25) is 0 Å². The number of carbonyl (C=O) groups is 3. The van der Waals surface area contributed by atoms with Gasteiger partial charge in [-0.2, -0.15) is 0 Å². The summed E-state index contributed by atoms with van der Waals surface area (Å²) < 4.78 is 16.6. The highest BCUT2D eigenvalue weighted by atomic mass is 32.2. The second-order valence-electron chi connectivity index (χ2n) is 9.20. The maximum Gasteiger partial charge on any atom is 0.313 e. The zero-order chi connectivity index (χ0) is 27.7. The molecule has 2 aromatic carbocycles. The van der Waals surface area contributed by atoms with Gasteiger partial charge in [0.25, 0.3) is 0 Å². The topological polar surface area (TPSA) is 91.8 Å². The van der Waals surface area contributed by atoms with Crippen LogP contribution in [0.3, 0.4) is 0 Å². The molecule has 0 N–H and O–H groups in total. The lowest BCUT2D eigenvalue weighted by Gasteiger charge is -2.25. The number of pyridine rings is 1. The molecule has 0 unspecified atom stereocenters. The molecule has 0 aliphatic rings. The van der Waals surface area contributed by atoms with Crippen molar-refractivity contribution in [2.75, 3.05) is 7.11 Å². The van der Waals surface area contributed by atoms with E-state index in [0.29, 0.717) is 0 Å². The summed E-state index contributed by atoms with van der Waals surface area (Å²) >= 11 is 1.61. The minimum atomic E-state index is -0.746. The van der Waals surface area contributed by atoms with Crippen LogP contribution in [0.1, 0.15) is 55.4 Å². The van der Waals surface area contributed by atoms with Gasteiger partial charge in [0, 0.05) is 23.6 Å². The summed E-state index contributed by atoms with van der Waals surface area (Å²) in [5, 5.41) is -0.146. The number of hydrogen-bond donors (Lipinski definition) is 0. The van der Waals surface area contributed by atoms with Gasteiger partial charge in [-0.3, -0.25) is 14.4 Å². The fourth-order valence-electron chi connectivity index (χ4n) is 3.65. The van der Waals surface area contributed by atoms with Gasteiger partial charge >= 0.3 is 11.9 Å². The molecule has 1 aromatic heterocycles. The molecule has 0 spiro atoms. The Morgan fingerprint density at radius 3 is 2.11 bits per heavy atom. The fraction of sp³-hybridized carbons (Fsp3) is 0.333. The molecule has 8 heteroatoms. The van der Waals surface area contributed by atoms with Gasteiger partial charge in [-0.1, -0.05) is 69.3 Å². The number of nitrogens with zero attached hydrogens (tertiary/aromatic N) is 1. The molecule has 3 rings (SSSR count). The number of hydrogen-bond acceptors (Lipinski definition) is 8. The first-order valence-corrected chi connectivity index (χ1v) is 13.3. The van der Waals surface area contributed by atoms with Crippen LogP contribution >= 0.6 is 11.8 Å². The van der Waals surface area contributed by atoms with Gasteiger partial charge in [0.1, 0.15) is 6.10 Å². The molecule has 0 fully saturated rings. The highest BCUT2D eigenvalue weighted by Crippen LogP contribution is 2.39. The number of ether oxygens (including phenoxy) is 3. The zero-order valence-electron chi connectivity index (χ0n) is 22.2. The molecule has 3 aromatic rings. The minimum absolute atomic E-state index is 0.0453. The van der Waals surface area contributed by atoms with E-state index in [0.717, 1.165) is 10.5 Å². The van der Waals surface area contributed by atoms with Crippen molar-refractivity contribution in [3.05, 3.63) is 84.2 Å². The highest BCUT2D eigenvalue weighted by Gasteiger charge is 2.29. The third-order valence-electron chi connectivity index (χ3n) is 5.78. The van der Waals surface area contributed by atoms with Crippen molar-refractivity contribution in [1.82, 2.24) is 4.98 Å². The van der Waals surface area contributed by atoms with Crippen LogP contribution < -0.4 is 9.47 Å². The Morgan fingerprint density at radius 2 is 1.50 bits per heavy atom. The zero-order valence-corrected chi connectivity index (χ0v) is 23.1. The van der Waals surface area contributed by atoms with E-state index in [-0.39, 0.29) is 28.9 Å². The minimum Gasteiger partial charge on any atom is -0.493 e. The number of ketones is 1. The summed E-state index contributed by atoms with van der Waals surface area (Å²) in [5.74, 6) is -2.46. The normalized spacial score (nSPS) is 13.3. The van der Waals surface area contributed by atoms with E-state index in [2.05, 4.69) is 4.98 Å². The van der Waals surface area contributed by atoms with E-state index in [1.54, 1.807) is 32.5 Å². The smallest absolute Gasteiger partial charge is 0.313 e. The van der Waals surface area contributed by atoms with Crippen LogP contribution in [-0.2, 0) is 14.3 Å². The Bertz CT molecular complexity index is 1230. The Labute approximate surface area is 227 Å². The maximum atomic E-state index is 13.2. The first-order valence-electron chi connectivity index (χ1n) is 12.5. The van der Waals surface area contributed by atoms with Crippen molar-refractivity contribution in [3.63, 3.8) is 0 Å². The summed E-state index contributed by atoms with van der Waals surface area (Å²) in [5.41, 5.74) is 0.968. The maximum absolute atomic E-state index is 13.2. The summed E-state index contributed by atoms with van der Waals surface area (Å²) in [6.45, 7) is 6.86. The average Bonchev–Trinajstić information content (AvgIpc) is 2.92. The molecule has 38 heavy (non-hydrogen) atoms. The Morgan fingerprint density at radius 1 is 0.868 bits per heavy atom. The molecule has 0 radical (unpaired) electrons. The van der Waals surface area contributed by atoms with Crippen LogP contribution in [-0.4, -0.2) is 35.9 Å². The first-order chi connectivity index (χ1) is 18.2. The summed E-state index contributed by atoms with van der Waals surface area (Å²) in [6, 6.07) is 21.3. The Kier molecular flexibility index (Phi) is 10.5. The summed E-state index contributed by atoms with van der Waals surface area (Å²) in [6.07, 6.45) is 0.764. The molecule has 1 heterocycles. The van der Waals surface area contributed by atoms with Crippen molar-refractivity contribution in [1.29, 1.82) is 0 Å². The number of benzene rings is 2. The molecular formula is C30H33NO6S. The number of Topliss-reactive ketones (excluding diaryl/α,β-unsaturated/α-hetero) is 1. The molecule has 0 aliphatic carbocycles. The number of rotatable bonds is 12. The van der Waals surface area contributed by atoms with Crippen molar-refractivity contribution < 1.29 is 28.6 Å². The molecular weight excluding hydrogens is 502 g/mol. The summed E-state index contributed by atoms with van der Waals surface area (Å²) in [7, 11) is 1.41. The molecule has 0 amide bonds. The van der Waals surface area contributed by atoms with Crippen LogP contribution in [0, 0.1) is 11.8 Å². The highest BCUT2D eigenvalue weighted by molar-refractivity contribution is 7.99. The quantitative estimate of drug-likeness (QED) is 0.151. The number of aromatic nitrogens is 1. The monoisotopic (exact) mass is 535 g/mol. The van der Waals surface area contributed by atoms with Gasteiger partial charge in [-0.15, -0.1) is 11.8 Å². The third-order valence-corrected chi connectivity index (χ3v) is 7.24. The van der Waals surface area contributed by atoms with E-state index in [1.165, 1.54) is 19.4 Å². The second-order valence-corrected chi connectivity index (χ2v) is 10.4. The SMILES string of the molecule is COc1ccnc(C(=O)C[C@@H](C)C(=O)O[C@@H](C)[C@H](Sc2ccccc2)c2ccccc2)c1OC(=O)C(C)C. The molecule has 200 valence electrons. The lowest BCUT2D eigenvalue weighted by molar-refractivity contribution is -0.152. The molecule has 0 saturated heterocycles. The molecule has 0 bridgehead atoms. The first kappa shape index (κ1) is 28.9. The van der Waals surface area contributed by atoms with Gasteiger partial charge in [-0.05, 0) is 24.6 Å². The van der Waals surface area contributed by atoms with E-state index < -0.39 is 35.7 Å². The number of thioether (sulfide) groups is 1. The van der Waals surface area contributed by atoms with Crippen LogP contribution in [0.4, 0.5) is 0 Å². The fourth-order valence-corrected chi connectivity index (χ4v) is 4.80. The lowest BCUT2D eigenvalue weighted by atomic mass is 10.0. The van der Waals surface area contributed by atoms with E-state index in [9.17, 15) is 14.4 Å². The largest absolute Gasteiger partial charge is 0.493 e. The number of methoxy groups -OCH3 is 1. The van der Waals surface area contributed by atoms with Crippen molar-refractivity contribution in [2.24, 2.45) is 11.8 Å². The van der Waals surface area contributed by atoms with Crippen molar-refractivity contribution >= 4 is 29.5 Å². The molecule has 0 saturated carbocycles. The van der Waals surface area contributed by atoms with Gasteiger partial charge in [0.05, 0.1) is 24.2 Å². The van der Waals surface area contributed by atoms with E-state index in [4.69, 9.17) is 14.2 Å². The molecule has 0 aliphatic heterocycles. The molecule has 7 nitrogen and oxygen atoms in total. The van der Waals surface area contributed by atoms with Crippen LogP contribution in [0.15, 0.2) is 77.8 Å². The van der Waals surface area contributed by atoms with Gasteiger partial charge in [0.15, 0.2) is 17.2 Å². The van der Waals surface area contributed by atoms with Crippen molar-refractivity contribution in [3.8, 4) is 11.5 Å². The van der Waals surface area contributed by atoms with Crippen molar-refractivity contribution in [2.45, 2.75) is 50.4 Å². The van der Waals surface area contributed by atoms with E-state index in [1.807, 2.05) is 67.6 Å². The predicted molar refractivity (Wildman–Crippen MR) is 146 cm³/mol. The summed E-state index contributed by atoms with van der Waals surface area (Å²) in [4.78, 5) is 43.6. The second kappa shape index (κ2) is 13.8. The average molecular weight is 536 g/mol. The van der Waals surface area contributed by atoms with E-state index >= 15 is 0 Å². The Balaban J connectivity index is 1.73. The lowest BCUT2D eigenvalue weighted by Crippen LogP contribution is -2.26. The van der Waals surface area contributed by atoms with Gasteiger partial charge in [-0.25, -0.2) is 4.98 Å².